The summed E-state index contributed by atoms with van der Waals surface area (Å²) in [5.41, 5.74) is 7.22. The van der Waals surface area contributed by atoms with Gasteiger partial charge in [0.25, 0.3) is 0 Å². The van der Waals surface area contributed by atoms with Crippen molar-refractivity contribution >= 4 is 30.6 Å². The summed E-state index contributed by atoms with van der Waals surface area (Å²) in [6.45, 7) is 2.31. The molecule has 130 valence electrons. The number of halogens is 2. The maximum Gasteiger partial charge on any atom is 0.134 e. The lowest BCUT2D eigenvalue weighted by molar-refractivity contribution is 0.344. The van der Waals surface area contributed by atoms with E-state index >= 15 is 0 Å². The molecular formula is C17H28Cl2N4. The molecule has 2 aliphatic carbocycles. The molecule has 0 aromatic carbocycles. The van der Waals surface area contributed by atoms with Crippen molar-refractivity contribution in [2.75, 3.05) is 18.0 Å². The monoisotopic (exact) mass is 358 g/mol. The standard InChI is InChI=1S/C17H26N4.2ClH/c18-14-9-13(10-14)15-11-16(20-17(19-15)12-5-6-12)21-7-3-1-2-4-8-21;;/h11-14H,1-10,18H2;2*1H. The second-order valence-electron chi connectivity index (χ2n) is 7.11. The first kappa shape index (κ1) is 18.8. The largest absolute Gasteiger partial charge is 0.357 e. The first-order valence-corrected chi connectivity index (χ1v) is 8.69. The lowest BCUT2D eigenvalue weighted by Gasteiger charge is -2.33. The van der Waals surface area contributed by atoms with E-state index in [4.69, 9.17) is 15.7 Å². The quantitative estimate of drug-likeness (QED) is 0.892. The Morgan fingerprint density at radius 2 is 1.57 bits per heavy atom. The molecular weight excluding hydrogens is 331 g/mol. The molecule has 4 nitrogen and oxygen atoms in total. The summed E-state index contributed by atoms with van der Waals surface area (Å²) < 4.78 is 0. The predicted octanol–water partition coefficient (Wildman–Crippen LogP) is 3.78. The van der Waals surface area contributed by atoms with Crippen LogP contribution in [0.1, 0.15) is 74.7 Å². The highest BCUT2D eigenvalue weighted by atomic mass is 35.5. The third-order valence-electron chi connectivity index (χ3n) is 5.22. The van der Waals surface area contributed by atoms with Gasteiger partial charge in [-0.25, -0.2) is 9.97 Å². The highest BCUT2D eigenvalue weighted by molar-refractivity contribution is 5.85. The van der Waals surface area contributed by atoms with Crippen LogP contribution in [-0.4, -0.2) is 29.1 Å². The van der Waals surface area contributed by atoms with Crippen LogP contribution in [0, 0.1) is 0 Å². The maximum absolute atomic E-state index is 5.96. The molecule has 2 N–H and O–H groups in total. The highest BCUT2D eigenvalue weighted by Gasteiger charge is 2.32. The molecule has 1 aliphatic heterocycles. The van der Waals surface area contributed by atoms with E-state index in [9.17, 15) is 0 Å². The zero-order valence-corrected chi connectivity index (χ0v) is 15.2. The smallest absolute Gasteiger partial charge is 0.134 e. The molecule has 3 fully saturated rings. The van der Waals surface area contributed by atoms with Crippen LogP contribution in [-0.2, 0) is 0 Å². The summed E-state index contributed by atoms with van der Waals surface area (Å²) >= 11 is 0. The summed E-state index contributed by atoms with van der Waals surface area (Å²) in [5.74, 6) is 3.49. The van der Waals surface area contributed by atoms with Crippen LogP contribution in [0.25, 0.3) is 0 Å². The average molecular weight is 359 g/mol. The fourth-order valence-corrected chi connectivity index (χ4v) is 3.57. The van der Waals surface area contributed by atoms with Gasteiger partial charge in [-0.15, -0.1) is 24.8 Å². The van der Waals surface area contributed by atoms with Crippen molar-refractivity contribution in [1.82, 2.24) is 9.97 Å². The SMILES string of the molecule is Cl.Cl.NC1CC(c2cc(N3CCCCCC3)nc(C3CC3)n2)C1. The van der Waals surface area contributed by atoms with Crippen molar-refractivity contribution in [2.24, 2.45) is 5.73 Å². The second-order valence-corrected chi connectivity index (χ2v) is 7.11. The summed E-state index contributed by atoms with van der Waals surface area (Å²) in [5, 5.41) is 0. The van der Waals surface area contributed by atoms with Gasteiger partial charge in [-0.3, -0.25) is 0 Å². The van der Waals surface area contributed by atoms with Gasteiger partial charge in [0.1, 0.15) is 11.6 Å². The Hall–Kier alpha value is -0.580. The average Bonchev–Trinajstić information content (AvgIpc) is 3.29. The summed E-state index contributed by atoms with van der Waals surface area (Å²) in [7, 11) is 0. The number of anilines is 1. The minimum atomic E-state index is 0. The van der Waals surface area contributed by atoms with Crippen molar-refractivity contribution < 1.29 is 0 Å². The molecule has 1 aromatic heterocycles. The number of aromatic nitrogens is 2. The molecule has 0 amide bonds. The normalized spacial score (nSPS) is 27.3. The van der Waals surface area contributed by atoms with Gasteiger partial charge in [0.15, 0.2) is 0 Å². The van der Waals surface area contributed by atoms with Gasteiger partial charge in [0.2, 0.25) is 0 Å². The summed E-state index contributed by atoms with van der Waals surface area (Å²) in [6, 6.07) is 2.64. The Kier molecular flexibility index (Phi) is 6.52. The second kappa shape index (κ2) is 8.00. The van der Waals surface area contributed by atoms with Gasteiger partial charge in [-0.05, 0) is 38.5 Å². The molecule has 0 spiro atoms. The third-order valence-corrected chi connectivity index (χ3v) is 5.22. The van der Waals surface area contributed by atoms with E-state index in [1.54, 1.807) is 0 Å². The van der Waals surface area contributed by atoms with Gasteiger partial charge in [-0.1, -0.05) is 12.8 Å². The molecule has 0 radical (unpaired) electrons. The highest BCUT2D eigenvalue weighted by Crippen LogP contribution is 2.41. The van der Waals surface area contributed by atoms with E-state index < -0.39 is 0 Å². The van der Waals surface area contributed by atoms with Gasteiger partial charge < -0.3 is 10.6 Å². The summed E-state index contributed by atoms with van der Waals surface area (Å²) in [6.07, 6.45) is 10.1. The Morgan fingerprint density at radius 3 is 2.13 bits per heavy atom. The molecule has 23 heavy (non-hydrogen) atoms. The zero-order chi connectivity index (χ0) is 14.2. The van der Waals surface area contributed by atoms with Crippen molar-refractivity contribution in [3.05, 3.63) is 17.6 Å². The van der Waals surface area contributed by atoms with Gasteiger partial charge in [0.05, 0.1) is 0 Å². The van der Waals surface area contributed by atoms with E-state index in [-0.39, 0.29) is 24.8 Å². The molecule has 4 rings (SSSR count). The van der Waals surface area contributed by atoms with Crippen molar-refractivity contribution in [3.63, 3.8) is 0 Å². The number of hydrogen-bond donors (Lipinski definition) is 1. The first-order chi connectivity index (χ1) is 10.3. The molecule has 1 saturated heterocycles. The molecule has 2 saturated carbocycles. The molecule has 0 atom stereocenters. The van der Waals surface area contributed by atoms with Crippen LogP contribution in [0.4, 0.5) is 5.82 Å². The van der Waals surface area contributed by atoms with E-state index in [1.807, 2.05) is 0 Å². The first-order valence-electron chi connectivity index (χ1n) is 8.69. The number of nitrogens with zero attached hydrogens (tertiary/aromatic N) is 3. The van der Waals surface area contributed by atoms with Gasteiger partial charge in [0, 0.05) is 42.7 Å². The van der Waals surface area contributed by atoms with Crippen LogP contribution < -0.4 is 10.6 Å². The fourth-order valence-electron chi connectivity index (χ4n) is 3.57. The lowest BCUT2D eigenvalue weighted by Crippen LogP contribution is -2.35. The van der Waals surface area contributed by atoms with Crippen molar-refractivity contribution in [1.29, 1.82) is 0 Å². The lowest BCUT2D eigenvalue weighted by atomic mass is 9.78. The number of nitrogens with two attached hydrogens (primary N) is 1. The van der Waals surface area contributed by atoms with Crippen molar-refractivity contribution in [3.8, 4) is 0 Å². The van der Waals surface area contributed by atoms with Gasteiger partial charge in [-0.2, -0.15) is 0 Å². The van der Waals surface area contributed by atoms with Crippen LogP contribution in [0.5, 0.6) is 0 Å². The Bertz CT molecular complexity index is 507. The minimum Gasteiger partial charge on any atom is -0.357 e. The molecule has 3 aliphatic rings. The van der Waals surface area contributed by atoms with E-state index in [0.29, 0.717) is 17.9 Å². The van der Waals surface area contributed by atoms with Crippen LogP contribution in [0.3, 0.4) is 0 Å². The molecule has 0 unspecified atom stereocenters. The van der Waals surface area contributed by atoms with E-state index in [0.717, 1.165) is 31.8 Å². The van der Waals surface area contributed by atoms with E-state index in [1.165, 1.54) is 50.0 Å². The maximum atomic E-state index is 5.96. The molecule has 1 aromatic rings. The number of rotatable bonds is 3. The van der Waals surface area contributed by atoms with Crippen LogP contribution in [0.15, 0.2) is 6.07 Å². The molecule has 0 bridgehead atoms. The van der Waals surface area contributed by atoms with Crippen molar-refractivity contribution in [2.45, 2.75) is 69.2 Å². The molecule has 2 heterocycles. The van der Waals surface area contributed by atoms with Gasteiger partial charge >= 0.3 is 0 Å². The Labute approximate surface area is 151 Å². The third kappa shape index (κ3) is 4.28. The predicted molar refractivity (Wildman–Crippen MR) is 99.1 cm³/mol. The van der Waals surface area contributed by atoms with Crippen LogP contribution >= 0.6 is 24.8 Å². The summed E-state index contributed by atoms with van der Waals surface area (Å²) in [4.78, 5) is 12.3. The Balaban J connectivity index is 0.000000960. The minimum absolute atomic E-state index is 0. The topological polar surface area (TPSA) is 55.0 Å². The number of hydrogen-bond acceptors (Lipinski definition) is 4. The molecule has 6 heteroatoms. The van der Waals surface area contributed by atoms with Crippen LogP contribution in [0.2, 0.25) is 0 Å². The fraction of sp³-hybridized carbons (Fsp3) is 0.765. The zero-order valence-electron chi connectivity index (χ0n) is 13.6. The Morgan fingerprint density at radius 1 is 0.913 bits per heavy atom. The van der Waals surface area contributed by atoms with E-state index in [2.05, 4.69) is 11.0 Å².